The first-order chi connectivity index (χ1) is 25.1. The Morgan fingerprint density at radius 3 is 1.12 bits per heavy atom. The zero-order chi connectivity index (χ0) is 40.7. The minimum absolute atomic E-state index is 0. The normalized spacial score (nSPS) is 13.0. The monoisotopic (exact) mass is 788 g/mol. The number of benzene rings is 4. The second-order valence-corrected chi connectivity index (χ2v) is 15.5. The average Bonchev–Trinajstić information content (AvgIpc) is 3.04. The van der Waals surface area contributed by atoms with Crippen molar-refractivity contribution in [2.45, 2.75) is 106 Å². The van der Waals surface area contributed by atoms with Crippen molar-refractivity contribution in [1.29, 1.82) is 0 Å². The third kappa shape index (κ3) is 9.43. The van der Waals surface area contributed by atoms with Crippen LogP contribution in [0, 0.1) is 25.7 Å². The van der Waals surface area contributed by atoms with Gasteiger partial charge in [0.25, 0.3) is 0 Å². The number of aliphatic imine (C=N–C) groups is 2. The molecule has 6 N–H and O–H groups in total. The summed E-state index contributed by atoms with van der Waals surface area (Å²) in [6, 6.07) is 0.773. The first kappa shape index (κ1) is 48.6. The molecule has 0 bridgehead atoms. The molecule has 0 aliphatic rings. The quantitative estimate of drug-likeness (QED) is 0.0601. The van der Waals surface area contributed by atoms with Gasteiger partial charge < -0.3 is 50.4 Å². The van der Waals surface area contributed by atoms with E-state index in [9.17, 15) is 50.4 Å². The van der Waals surface area contributed by atoms with Crippen molar-refractivity contribution in [3.8, 4) is 45.6 Å². The fourth-order valence-electron chi connectivity index (χ4n) is 7.28. The van der Waals surface area contributed by atoms with E-state index in [4.69, 9.17) is 0 Å². The Balaban J connectivity index is 0.00000541. The number of phenols is 6. The standard InChI is InChI=1S/C42H52N2O10.2Na/c1-17(2)11-27(41(51)52)43-15-25-33-23(29(19(5)6)39(49)35(25)45)13-21(9)31(37(33)47)32-22(10)14-24-30(20(7)8)40(50)36(46)26(34(24)38(32)48)16-44-28(42(53)54)12-18(3)4;;/h13-20,27-28,45-50H,11-12H2,1-10H3,(H,51,52)(H,53,54);;/q;2*+1/p-2/t27-,28-;;/m0../s1. The molecule has 0 heterocycles. The number of aromatic hydroxyl groups is 6. The van der Waals surface area contributed by atoms with Crippen LogP contribution < -0.4 is 69.3 Å². The fraction of sp³-hybridized carbons (Fsp3) is 0.429. The molecule has 56 heavy (non-hydrogen) atoms. The van der Waals surface area contributed by atoms with Gasteiger partial charge in [-0.05, 0) is 72.3 Å². The molecule has 0 spiro atoms. The molecule has 4 aromatic rings. The van der Waals surface area contributed by atoms with Gasteiger partial charge in [-0.2, -0.15) is 0 Å². The van der Waals surface area contributed by atoms with E-state index in [1.54, 1.807) is 53.7 Å². The number of rotatable bonds is 13. The molecule has 0 saturated heterocycles. The molecular formula is C42H50N2Na2O10. The number of hydrogen-bond acceptors (Lipinski definition) is 12. The van der Waals surface area contributed by atoms with Crippen LogP contribution in [0.2, 0.25) is 0 Å². The number of carbonyl (C=O) groups excluding carboxylic acids is 2. The number of carbonyl (C=O) groups is 2. The summed E-state index contributed by atoms with van der Waals surface area (Å²) in [5, 5.41) is 94.4. The maximum absolute atomic E-state index is 12.3. The summed E-state index contributed by atoms with van der Waals surface area (Å²) in [6.45, 7) is 17.8. The largest absolute Gasteiger partial charge is 1.00 e. The van der Waals surface area contributed by atoms with E-state index in [2.05, 4.69) is 9.98 Å². The number of carboxylic acids is 2. The van der Waals surface area contributed by atoms with E-state index in [1.165, 1.54) is 0 Å². The van der Waals surface area contributed by atoms with Gasteiger partial charge in [-0.3, -0.25) is 9.98 Å². The molecule has 0 saturated carbocycles. The molecule has 12 nitrogen and oxygen atoms in total. The van der Waals surface area contributed by atoms with Crippen molar-refractivity contribution in [2.24, 2.45) is 21.8 Å². The van der Waals surface area contributed by atoms with Crippen molar-refractivity contribution in [3.63, 3.8) is 0 Å². The predicted molar refractivity (Wildman–Crippen MR) is 206 cm³/mol. The van der Waals surface area contributed by atoms with Gasteiger partial charge in [0.2, 0.25) is 0 Å². The zero-order valence-electron chi connectivity index (χ0n) is 34.4. The van der Waals surface area contributed by atoms with E-state index in [-0.39, 0.29) is 129 Å². The number of nitrogens with zero attached hydrogens (tertiary/aromatic N) is 2. The second-order valence-electron chi connectivity index (χ2n) is 15.5. The first-order valence-corrected chi connectivity index (χ1v) is 18.1. The van der Waals surface area contributed by atoms with Crippen molar-refractivity contribution < 1.29 is 110 Å². The average molecular weight is 789 g/mol. The SMILES string of the molecule is Cc1cc2c(C(C)C)c(O)c(O)c(C=N[C@@H](CC(C)C)C(=O)[O-])c2c(O)c1-c1c(C)cc2c(C(C)C)c(O)c(O)c(C=N[C@@H](CC(C)C)C(=O)[O-])c2c1O.[Na+].[Na+]. The molecule has 0 aromatic heterocycles. The molecule has 0 radical (unpaired) electrons. The van der Waals surface area contributed by atoms with Crippen LogP contribution in [0.25, 0.3) is 32.7 Å². The Morgan fingerprint density at radius 2 is 0.875 bits per heavy atom. The van der Waals surface area contributed by atoms with Crippen LogP contribution in [0.5, 0.6) is 34.5 Å². The van der Waals surface area contributed by atoms with Gasteiger partial charge in [-0.1, -0.05) is 67.5 Å². The van der Waals surface area contributed by atoms with E-state index in [0.29, 0.717) is 33.0 Å². The molecule has 4 rings (SSSR count). The summed E-state index contributed by atoms with van der Waals surface area (Å²) in [5.41, 5.74) is 1.42. The molecule has 290 valence electrons. The minimum atomic E-state index is -1.44. The van der Waals surface area contributed by atoms with Crippen LogP contribution >= 0.6 is 0 Å². The molecule has 4 aromatic carbocycles. The van der Waals surface area contributed by atoms with E-state index >= 15 is 0 Å². The summed E-state index contributed by atoms with van der Waals surface area (Å²) in [5.74, 6) is -6.75. The number of phenolic OH excluding ortho intramolecular Hbond substituents is 6. The Bertz CT molecular complexity index is 2060. The van der Waals surface area contributed by atoms with Gasteiger partial charge in [0.05, 0.1) is 24.0 Å². The number of carboxylic acid groups (broad SMARTS) is 2. The van der Waals surface area contributed by atoms with Crippen molar-refractivity contribution in [3.05, 3.63) is 45.5 Å². The predicted octanol–water partition coefficient (Wildman–Crippen LogP) is -0.0678. The molecule has 0 amide bonds. The Hall–Kier alpha value is -3.52. The minimum Gasteiger partial charge on any atom is -0.548 e. The number of hydrogen-bond donors (Lipinski definition) is 6. The topological polar surface area (TPSA) is 226 Å². The van der Waals surface area contributed by atoms with Crippen molar-refractivity contribution in [2.75, 3.05) is 0 Å². The molecule has 0 aliphatic heterocycles. The number of aliphatic carboxylic acids is 2. The van der Waals surface area contributed by atoms with Gasteiger partial charge in [0, 0.05) is 56.6 Å². The summed E-state index contributed by atoms with van der Waals surface area (Å²) in [6.07, 6.45) is 2.43. The maximum Gasteiger partial charge on any atom is 1.00 e. The van der Waals surface area contributed by atoms with Crippen LogP contribution in [0.4, 0.5) is 0 Å². The maximum atomic E-state index is 12.3. The molecular weight excluding hydrogens is 738 g/mol. The van der Waals surface area contributed by atoms with Crippen LogP contribution in [0.3, 0.4) is 0 Å². The molecule has 14 heteroatoms. The summed E-state index contributed by atoms with van der Waals surface area (Å²) >= 11 is 0. The third-order valence-corrected chi connectivity index (χ3v) is 9.69. The summed E-state index contributed by atoms with van der Waals surface area (Å²) in [7, 11) is 0. The first-order valence-electron chi connectivity index (χ1n) is 18.1. The van der Waals surface area contributed by atoms with Crippen molar-refractivity contribution >= 4 is 45.9 Å². The Kier molecular flexibility index (Phi) is 16.7. The van der Waals surface area contributed by atoms with Gasteiger partial charge in [-0.25, -0.2) is 0 Å². The smallest absolute Gasteiger partial charge is 0.548 e. The van der Waals surface area contributed by atoms with E-state index in [0.717, 1.165) is 12.4 Å². The van der Waals surface area contributed by atoms with Crippen molar-refractivity contribution in [1.82, 2.24) is 0 Å². The van der Waals surface area contributed by atoms with Crippen LogP contribution in [0.15, 0.2) is 22.1 Å². The van der Waals surface area contributed by atoms with Gasteiger partial charge in [0.1, 0.15) is 11.5 Å². The van der Waals surface area contributed by atoms with E-state index in [1.807, 2.05) is 27.7 Å². The van der Waals surface area contributed by atoms with Crippen LogP contribution in [0.1, 0.15) is 113 Å². The molecule has 0 aliphatic carbocycles. The van der Waals surface area contributed by atoms with Gasteiger partial charge >= 0.3 is 59.1 Å². The summed E-state index contributed by atoms with van der Waals surface area (Å²) < 4.78 is 0. The Labute approximate surface area is 371 Å². The Morgan fingerprint density at radius 1 is 0.571 bits per heavy atom. The number of fused-ring (bicyclic) bond motifs is 2. The molecule has 0 unspecified atom stereocenters. The number of aryl methyl sites for hydroxylation is 2. The van der Waals surface area contributed by atoms with Gasteiger partial charge in [0.15, 0.2) is 23.0 Å². The van der Waals surface area contributed by atoms with E-state index < -0.39 is 58.5 Å². The second kappa shape index (κ2) is 19.3. The third-order valence-electron chi connectivity index (χ3n) is 9.69. The summed E-state index contributed by atoms with van der Waals surface area (Å²) in [4.78, 5) is 32.3. The van der Waals surface area contributed by atoms with Crippen LogP contribution in [-0.4, -0.2) is 67.1 Å². The molecule has 0 fully saturated rings. The molecule has 2 atom stereocenters. The fourth-order valence-corrected chi connectivity index (χ4v) is 7.28. The van der Waals surface area contributed by atoms with Gasteiger partial charge in [-0.15, -0.1) is 0 Å². The zero-order valence-corrected chi connectivity index (χ0v) is 38.4. The van der Waals surface area contributed by atoms with Crippen LogP contribution in [-0.2, 0) is 9.59 Å².